The highest BCUT2D eigenvalue weighted by Gasteiger charge is 2.29. The number of aromatic nitrogens is 4. The summed E-state index contributed by atoms with van der Waals surface area (Å²) in [5, 5.41) is 0. The van der Waals surface area contributed by atoms with Crippen molar-refractivity contribution in [1.29, 1.82) is 0 Å². The van der Waals surface area contributed by atoms with E-state index in [-0.39, 0.29) is 17.7 Å². The number of amides is 1. The molecule has 23 heavy (non-hydrogen) atoms. The van der Waals surface area contributed by atoms with Gasteiger partial charge in [-0.3, -0.25) is 9.78 Å². The van der Waals surface area contributed by atoms with Gasteiger partial charge in [-0.05, 0) is 0 Å². The van der Waals surface area contributed by atoms with Crippen molar-refractivity contribution in [2.45, 2.75) is 12.5 Å². The number of carbonyl (C=O) groups excluding carboxylic acids is 1. The highest BCUT2D eigenvalue weighted by atomic mass is 16.5. The number of H-pyrrole nitrogens is 2. The number of ether oxygens (including phenoxy) is 1. The minimum Gasteiger partial charge on any atom is -0.471 e. The van der Waals surface area contributed by atoms with E-state index in [0.717, 1.165) is 0 Å². The van der Waals surface area contributed by atoms with Crippen LogP contribution in [0.1, 0.15) is 16.9 Å². The van der Waals surface area contributed by atoms with Crippen molar-refractivity contribution in [2.75, 3.05) is 32.1 Å². The molecule has 1 aliphatic rings. The molecule has 1 amide bonds. The largest absolute Gasteiger partial charge is 0.471 e. The number of hydrogen-bond donors (Lipinski definition) is 2. The van der Waals surface area contributed by atoms with E-state index in [1.165, 1.54) is 6.20 Å². The van der Waals surface area contributed by atoms with Gasteiger partial charge in [0.05, 0.1) is 18.9 Å². The van der Waals surface area contributed by atoms with Crippen LogP contribution in [0, 0.1) is 0 Å². The Labute approximate surface area is 132 Å². The van der Waals surface area contributed by atoms with Crippen molar-refractivity contribution in [2.24, 2.45) is 0 Å². The van der Waals surface area contributed by atoms with Gasteiger partial charge in [0, 0.05) is 33.3 Å². The Morgan fingerprint density at radius 1 is 1.43 bits per heavy atom. The Hall–Kier alpha value is -2.84. The number of rotatable bonds is 4. The maximum absolute atomic E-state index is 12.2. The molecule has 1 fully saturated rings. The first-order valence-electron chi connectivity index (χ1n) is 7.26. The lowest BCUT2D eigenvalue weighted by atomic mass is 10.3. The van der Waals surface area contributed by atoms with Crippen molar-refractivity contribution in [3.05, 3.63) is 34.8 Å². The molecule has 0 aliphatic carbocycles. The average molecular weight is 318 g/mol. The Morgan fingerprint density at radius 2 is 2.26 bits per heavy atom. The molecule has 0 bridgehead atoms. The molecule has 1 aliphatic heterocycles. The summed E-state index contributed by atoms with van der Waals surface area (Å²) in [6.07, 6.45) is 5.15. The summed E-state index contributed by atoms with van der Waals surface area (Å²) in [5.74, 6) is 0.923. The fraction of sp³-hybridized carbons (Fsp3) is 0.429. The summed E-state index contributed by atoms with van der Waals surface area (Å²) in [7, 11) is 3.75. The Bertz CT molecular complexity index is 753. The summed E-state index contributed by atoms with van der Waals surface area (Å²) >= 11 is 0. The predicted octanol–water partition coefficient (Wildman–Crippen LogP) is -0.147. The summed E-state index contributed by atoms with van der Waals surface area (Å²) in [6.45, 7) is 1.01. The van der Waals surface area contributed by atoms with Crippen molar-refractivity contribution in [1.82, 2.24) is 24.8 Å². The molecule has 3 rings (SSSR count). The number of imidazole rings is 1. The first-order chi connectivity index (χ1) is 11.0. The van der Waals surface area contributed by atoms with Gasteiger partial charge < -0.3 is 24.5 Å². The molecule has 2 aromatic rings. The molecular weight excluding hydrogens is 300 g/mol. The number of anilines is 1. The van der Waals surface area contributed by atoms with E-state index in [4.69, 9.17) is 4.74 Å². The number of nitrogens with zero attached hydrogens (tertiary/aromatic N) is 4. The van der Waals surface area contributed by atoms with E-state index in [2.05, 4.69) is 19.9 Å². The Balaban J connectivity index is 1.63. The number of hydrogen-bond acceptors (Lipinski definition) is 6. The molecule has 1 atom stereocenters. The van der Waals surface area contributed by atoms with Crippen LogP contribution in [0.5, 0.6) is 5.88 Å². The Morgan fingerprint density at radius 3 is 2.96 bits per heavy atom. The predicted molar refractivity (Wildman–Crippen MR) is 82.7 cm³/mol. The highest BCUT2D eigenvalue weighted by molar-refractivity contribution is 5.92. The van der Waals surface area contributed by atoms with Crippen LogP contribution < -0.4 is 15.3 Å². The van der Waals surface area contributed by atoms with Crippen LogP contribution in [-0.2, 0) is 0 Å². The van der Waals surface area contributed by atoms with Crippen molar-refractivity contribution >= 4 is 11.7 Å². The molecule has 2 aromatic heterocycles. The van der Waals surface area contributed by atoms with E-state index in [1.807, 2.05) is 19.0 Å². The van der Waals surface area contributed by atoms with Gasteiger partial charge in [0.1, 0.15) is 11.8 Å². The van der Waals surface area contributed by atoms with E-state index in [1.54, 1.807) is 17.3 Å². The molecule has 1 unspecified atom stereocenters. The molecule has 122 valence electrons. The van der Waals surface area contributed by atoms with Crippen molar-refractivity contribution < 1.29 is 9.53 Å². The maximum Gasteiger partial charge on any atom is 0.323 e. The van der Waals surface area contributed by atoms with Gasteiger partial charge in [0.15, 0.2) is 5.82 Å². The summed E-state index contributed by atoms with van der Waals surface area (Å²) < 4.78 is 5.81. The van der Waals surface area contributed by atoms with Crippen molar-refractivity contribution in [3.8, 4) is 5.88 Å². The number of nitrogens with one attached hydrogen (secondary N) is 2. The molecule has 1 saturated heterocycles. The maximum atomic E-state index is 12.2. The molecule has 9 nitrogen and oxygen atoms in total. The molecule has 3 heterocycles. The minimum atomic E-state index is -0.392. The standard InChI is InChI=1S/C14H18N6O3/c1-19(2)11-6-15-7-12(18-11)23-9-3-4-20(8-9)13(21)10-5-16-14(22)17-10/h5-7,9H,3-4,8H2,1-2H3,(H2,16,17,22). The highest BCUT2D eigenvalue weighted by Crippen LogP contribution is 2.19. The van der Waals surface area contributed by atoms with E-state index in [0.29, 0.717) is 31.2 Å². The molecule has 9 heteroatoms. The summed E-state index contributed by atoms with van der Waals surface area (Å²) in [4.78, 5) is 40.2. The zero-order chi connectivity index (χ0) is 16.4. The molecule has 2 N–H and O–H groups in total. The second kappa shape index (κ2) is 6.11. The molecule has 0 aromatic carbocycles. The SMILES string of the molecule is CN(C)c1cncc(OC2CCN(C(=O)c3c[nH]c(=O)[nH]3)C2)n1. The lowest BCUT2D eigenvalue weighted by Crippen LogP contribution is -2.31. The monoisotopic (exact) mass is 318 g/mol. The molecule has 0 radical (unpaired) electrons. The van der Waals surface area contributed by atoms with Gasteiger partial charge in [-0.1, -0.05) is 0 Å². The summed E-state index contributed by atoms with van der Waals surface area (Å²) in [6, 6.07) is 0. The second-order valence-corrected chi connectivity index (χ2v) is 5.55. The molecule has 0 spiro atoms. The first kappa shape index (κ1) is 15.1. The fourth-order valence-electron chi connectivity index (χ4n) is 2.41. The lowest BCUT2D eigenvalue weighted by molar-refractivity contribution is 0.0766. The fourth-order valence-corrected chi connectivity index (χ4v) is 2.41. The van der Waals surface area contributed by atoms with Crippen LogP contribution >= 0.6 is 0 Å². The average Bonchev–Trinajstić information content (AvgIpc) is 3.16. The first-order valence-corrected chi connectivity index (χ1v) is 7.26. The quantitative estimate of drug-likeness (QED) is 0.812. The third-order valence-corrected chi connectivity index (χ3v) is 3.60. The van der Waals surface area contributed by atoms with Crippen LogP contribution in [0.2, 0.25) is 0 Å². The number of likely N-dealkylation sites (tertiary alicyclic amines) is 1. The van der Waals surface area contributed by atoms with Crippen LogP contribution in [0.25, 0.3) is 0 Å². The number of carbonyl (C=O) groups is 1. The van der Waals surface area contributed by atoms with Gasteiger partial charge in [-0.2, -0.15) is 4.98 Å². The normalized spacial score (nSPS) is 17.3. The van der Waals surface area contributed by atoms with Gasteiger partial charge in [0.2, 0.25) is 5.88 Å². The van der Waals surface area contributed by atoms with Crippen LogP contribution in [0.15, 0.2) is 23.4 Å². The number of aromatic amines is 2. The van der Waals surface area contributed by atoms with Crippen LogP contribution in [-0.4, -0.2) is 64.0 Å². The second-order valence-electron chi connectivity index (χ2n) is 5.55. The van der Waals surface area contributed by atoms with Gasteiger partial charge in [-0.25, -0.2) is 4.79 Å². The van der Waals surface area contributed by atoms with E-state index < -0.39 is 5.69 Å². The van der Waals surface area contributed by atoms with Crippen molar-refractivity contribution in [3.63, 3.8) is 0 Å². The third kappa shape index (κ3) is 3.33. The minimum absolute atomic E-state index is 0.142. The van der Waals surface area contributed by atoms with Gasteiger partial charge in [0.25, 0.3) is 5.91 Å². The van der Waals surface area contributed by atoms with Gasteiger partial charge in [-0.15, -0.1) is 0 Å². The Kier molecular flexibility index (Phi) is 4.00. The third-order valence-electron chi connectivity index (χ3n) is 3.60. The van der Waals surface area contributed by atoms with Crippen LogP contribution in [0.4, 0.5) is 5.82 Å². The zero-order valence-corrected chi connectivity index (χ0v) is 12.9. The zero-order valence-electron chi connectivity index (χ0n) is 12.9. The molecular formula is C14H18N6O3. The molecule has 0 saturated carbocycles. The van der Waals surface area contributed by atoms with E-state index in [9.17, 15) is 9.59 Å². The lowest BCUT2D eigenvalue weighted by Gasteiger charge is -2.17. The van der Waals surface area contributed by atoms with Gasteiger partial charge >= 0.3 is 5.69 Å². The summed E-state index contributed by atoms with van der Waals surface area (Å²) in [5.41, 5.74) is -0.138. The van der Waals surface area contributed by atoms with E-state index >= 15 is 0 Å². The van der Waals surface area contributed by atoms with Crippen LogP contribution in [0.3, 0.4) is 0 Å². The smallest absolute Gasteiger partial charge is 0.323 e. The topological polar surface area (TPSA) is 107 Å².